The summed E-state index contributed by atoms with van der Waals surface area (Å²) in [6.07, 6.45) is 12.0. The minimum Gasteiger partial charge on any atom is -0.311 e. The summed E-state index contributed by atoms with van der Waals surface area (Å²) in [7, 11) is 0. The van der Waals surface area contributed by atoms with Crippen LogP contribution in [0.2, 0.25) is 0 Å². The van der Waals surface area contributed by atoms with Crippen molar-refractivity contribution in [1.82, 2.24) is 5.32 Å². The third-order valence-corrected chi connectivity index (χ3v) is 6.72. The second-order valence-corrected chi connectivity index (χ2v) is 9.04. The van der Waals surface area contributed by atoms with E-state index in [1.807, 2.05) is 0 Å². The first-order valence-corrected chi connectivity index (χ1v) is 9.23. The molecule has 2 atom stereocenters. The lowest BCUT2D eigenvalue weighted by atomic mass is 9.48. The molecule has 0 radical (unpaired) electrons. The van der Waals surface area contributed by atoms with Crippen molar-refractivity contribution >= 4 is 0 Å². The molecule has 4 fully saturated rings. The van der Waals surface area contributed by atoms with Crippen LogP contribution in [-0.4, -0.2) is 12.1 Å². The molecule has 0 aromatic carbocycles. The van der Waals surface area contributed by atoms with E-state index < -0.39 is 0 Å². The minimum atomic E-state index is 0.668. The Morgan fingerprint density at radius 1 is 0.850 bits per heavy atom. The average molecular weight is 277 g/mol. The molecule has 1 heteroatoms. The summed E-state index contributed by atoms with van der Waals surface area (Å²) >= 11 is 0. The fourth-order valence-corrected chi connectivity index (χ4v) is 5.98. The molecule has 116 valence electrons. The zero-order chi connectivity index (χ0) is 14.3. The highest BCUT2D eigenvalue weighted by Gasteiger charge is 2.53. The fraction of sp³-hybridized carbons (Fsp3) is 1.00. The van der Waals surface area contributed by atoms with Crippen LogP contribution in [0.5, 0.6) is 0 Å². The van der Waals surface area contributed by atoms with Crippen LogP contribution >= 0.6 is 0 Å². The van der Waals surface area contributed by atoms with Crippen LogP contribution in [0.3, 0.4) is 0 Å². The summed E-state index contributed by atoms with van der Waals surface area (Å²) in [5.74, 6) is 4.08. The monoisotopic (exact) mass is 277 g/mol. The van der Waals surface area contributed by atoms with Gasteiger partial charge in [0.15, 0.2) is 0 Å². The molecule has 4 bridgehead atoms. The Labute approximate surface area is 126 Å². The third-order valence-electron chi connectivity index (χ3n) is 6.72. The van der Waals surface area contributed by atoms with E-state index in [2.05, 4.69) is 33.0 Å². The van der Waals surface area contributed by atoms with Crippen molar-refractivity contribution in [3.63, 3.8) is 0 Å². The highest BCUT2D eigenvalue weighted by molar-refractivity contribution is 5.05. The van der Waals surface area contributed by atoms with Crippen LogP contribution in [0.15, 0.2) is 0 Å². The molecule has 0 spiro atoms. The molecule has 4 aliphatic carbocycles. The van der Waals surface area contributed by atoms with Gasteiger partial charge in [0.2, 0.25) is 0 Å². The van der Waals surface area contributed by atoms with Gasteiger partial charge in [-0.05, 0) is 94.3 Å². The van der Waals surface area contributed by atoms with E-state index in [1.54, 1.807) is 19.3 Å². The van der Waals surface area contributed by atoms with Crippen molar-refractivity contribution in [1.29, 1.82) is 0 Å². The molecule has 20 heavy (non-hydrogen) atoms. The van der Waals surface area contributed by atoms with Gasteiger partial charge in [-0.2, -0.15) is 0 Å². The number of hydrogen-bond acceptors (Lipinski definition) is 1. The largest absolute Gasteiger partial charge is 0.311 e. The van der Waals surface area contributed by atoms with Gasteiger partial charge < -0.3 is 5.32 Å². The molecular formula is C19H35N. The number of rotatable bonds is 6. The maximum atomic E-state index is 3.99. The molecule has 0 saturated heterocycles. The van der Waals surface area contributed by atoms with Crippen LogP contribution in [0.4, 0.5) is 0 Å². The molecule has 0 aromatic heterocycles. The van der Waals surface area contributed by atoms with Gasteiger partial charge in [-0.15, -0.1) is 0 Å². The lowest BCUT2D eigenvalue weighted by molar-refractivity contribution is -0.0720. The van der Waals surface area contributed by atoms with E-state index in [-0.39, 0.29) is 0 Å². The van der Waals surface area contributed by atoms with Crippen molar-refractivity contribution in [3.05, 3.63) is 0 Å². The van der Waals surface area contributed by atoms with Gasteiger partial charge in [-0.3, -0.25) is 0 Å². The summed E-state index contributed by atoms with van der Waals surface area (Å²) in [6, 6.07) is 1.43. The van der Waals surface area contributed by atoms with E-state index in [4.69, 9.17) is 0 Å². The second kappa shape index (κ2) is 5.63. The van der Waals surface area contributed by atoms with Gasteiger partial charge in [0, 0.05) is 12.1 Å². The van der Waals surface area contributed by atoms with Crippen LogP contribution in [-0.2, 0) is 0 Å². The summed E-state index contributed by atoms with van der Waals surface area (Å²) in [5.41, 5.74) is 0.668. The maximum Gasteiger partial charge on any atom is 0.00979 e. The van der Waals surface area contributed by atoms with Crippen molar-refractivity contribution in [2.75, 3.05) is 0 Å². The lowest BCUT2D eigenvalue weighted by Crippen LogP contribution is -2.56. The predicted molar refractivity (Wildman–Crippen MR) is 86.7 cm³/mol. The molecule has 0 amide bonds. The van der Waals surface area contributed by atoms with Gasteiger partial charge >= 0.3 is 0 Å². The Balaban J connectivity index is 1.58. The first kappa shape index (κ1) is 14.9. The van der Waals surface area contributed by atoms with E-state index in [0.29, 0.717) is 11.5 Å². The van der Waals surface area contributed by atoms with Crippen molar-refractivity contribution in [2.45, 2.75) is 91.1 Å². The molecule has 1 N–H and O–H groups in total. The molecule has 4 saturated carbocycles. The molecule has 4 aliphatic rings. The van der Waals surface area contributed by atoms with Crippen molar-refractivity contribution < 1.29 is 0 Å². The molecule has 2 unspecified atom stereocenters. The highest BCUT2D eigenvalue weighted by atomic mass is 15.0. The summed E-state index contributed by atoms with van der Waals surface area (Å²) < 4.78 is 0. The smallest absolute Gasteiger partial charge is 0.00979 e. The minimum absolute atomic E-state index is 0.668. The van der Waals surface area contributed by atoms with Crippen molar-refractivity contribution in [3.8, 4) is 0 Å². The topological polar surface area (TPSA) is 12.0 Å². The zero-order valence-corrected chi connectivity index (χ0v) is 14.1. The average Bonchev–Trinajstić information content (AvgIpc) is 2.34. The first-order chi connectivity index (χ1) is 9.47. The van der Waals surface area contributed by atoms with Crippen LogP contribution in [0, 0.1) is 29.1 Å². The number of hydrogen-bond donors (Lipinski definition) is 1. The highest BCUT2D eigenvalue weighted by Crippen LogP contribution is 2.61. The summed E-state index contributed by atoms with van der Waals surface area (Å²) in [6.45, 7) is 9.59. The Kier molecular flexibility index (Phi) is 4.19. The van der Waals surface area contributed by atoms with E-state index in [9.17, 15) is 0 Å². The Morgan fingerprint density at radius 2 is 1.35 bits per heavy atom. The van der Waals surface area contributed by atoms with Crippen LogP contribution in [0.1, 0.15) is 79.1 Å². The summed E-state index contributed by atoms with van der Waals surface area (Å²) in [4.78, 5) is 0. The van der Waals surface area contributed by atoms with E-state index in [1.165, 1.54) is 32.1 Å². The fourth-order valence-electron chi connectivity index (χ4n) is 5.98. The predicted octanol–water partition coefficient (Wildman–Crippen LogP) is 5.01. The lowest BCUT2D eigenvalue weighted by Gasteiger charge is -2.59. The molecule has 0 heterocycles. The van der Waals surface area contributed by atoms with Gasteiger partial charge in [0.05, 0.1) is 0 Å². The molecule has 0 aliphatic heterocycles. The number of nitrogens with one attached hydrogen (secondary N) is 1. The summed E-state index contributed by atoms with van der Waals surface area (Å²) in [5, 5.41) is 3.99. The zero-order valence-electron chi connectivity index (χ0n) is 14.1. The Hall–Kier alpha value is -0.0400. The van der Waals surface area contributed by atoms with E-state index in [0.717, 1.165) is 29.7 Å². The normalized spacial score (nSPS) is 42.1. The first-order valence-electron chi connectivity index (χ1n) is 9.23. The molecule has 4 rings (SSSR count). The van der Waals surface area contributed by atoms with Crippen LogP contribution in [0.25, 0.3) is 0 Å². The molecule has 0 aromatic rings. The quantitative estimate of drug-likeness (QED) is 0.720. The Bertz CT molecular complexity index is 297. The molecular weight excluding hydrogens is 242 g/mol. The standard InChI is InChI=1S/C19H35N/c1-13(2)5-6-14(3)20-15(4)19-10-16-7-17(11-19)9-18(8-16)12-19/h13-18,20H,5-12H2,1-4H3. The van der Waals surface area contributed by atoms with Crippen LogP contribution < -0.4 is 5.32 Å². The van der Waals surface area contributed by atoms with E-state index >= 15 is 0 Å². The second-order valence-electron chi connectivity index (χ2n) is 9.04. The maximum absolute atomic E-state index is 3.99. The SMILES string of the molecule is CC(C)CCC(C)NC(C)C12CC3CC(CC(C3)C1)C2. The molecule has 1 nitrogen and oxygen atoms in total. The third kappa shape index (κ3) is 2.93. The van der Waals surface area contributed by atoms with Crippen molar-refractivity contribution in [2.24, 2.45) is 29.1 Å². The van der Waals surface area contributed by atoms with Gasteiger partial charge in [-0.25, -0.2) is 0 Å². The Morgan fingerprint density at radius 3 is 1.80 bits per heavy atom. The van der Waals surface area contributed by atoms with Gasteiger partial charge in [0.25, 0.3) is 0 Å². The van der Waals surface area contributed by atoms with Gasteiger partial charge in [0.1, 0.15) is 0 Å². The van der Waals surface area contributed by atoms with Gasteiger partial charge in [-0.1, -0.05) is 13.8 Å².